The molecule has 1 aliphatic rings. The second kappa shape index (κ2) is 2.26. The molecule has 0 aromatic heterocycles. The van der Waals surface area contributed by atoms with Crippen LogP contribution in [0.5, 0.6) is 0 Å². The van der Waals surface area contributed by atoms with E-state index in [0.717, 1.165) is 26.3 Å². The minimum Gasteiger partial charge on any atom is -0.379 e. The Hall–Kier alpha value is -0.120. The lowest BCUT2D eigenvalue weighted by Gasteiger charge is -2.19. The van der Waals surface area contributed by atoms with Crippen molar-refractivity contribution in [3.05, 3.63) is 0 Å². The summed E-state index contributed by atoms with van der Waals surface area (Å²) in [6.45, 7) is 2.98. The van der Waals surface area contributed by atoms with Crippen LogP contribution in [0.3, 0.4) is 0 Å². The van der Waals surface area contributed by atoms with E-state index >= 15 is 0 Å². The highest BCUT2D eigenvalue weighted by atomic mass is 16.5. The first kappa shape index (κ1) is 5.03. The first-order valence-corrected chi connectivity index (χ1v) is 2.43. The summed E-state index contributed by atoms with van der Waals surface area (Å²) < 4.78 is 4.98. The Labute approximate surface area is 43.0 Å². The van der Waals surface area contributed by atoms with Gasteiger partial charge in [0.2, 0.25) is 0 Å². The monoisotopic (exact) mass is 101 g/mol. The molecule has 3 nitrogen and oxygen atoms in total. The Morgan fingerprint density at radius 2 is 1.86 bits per heavy atom. The number of morpholine rings is 1. The first-order valence-electron chi connectivity index (χ1n) is 2.43. The van der Waals surface area contributed by atoms with Gasteiger partial charge in [-0.15, -0.1) is 0 Å². The number of hydrogen-bond acceptors (Lipinski definition) is 2. The molecule has 0 aromatic rings. The van der Waals surface area contributed by atoms with Gasteiger partial charge in [0.05, 0.1) is 13.2 Å². The smallest absolute Gasteiger partial charge is 0.0608 e. The molecule has 1 N–H and O–H groups in total. The third-order valence-electron chi connectivity index (χ3n) is 1.01. The van der Waals surface area contributed by atoms with Crippen molar-refractivity contribution in [2.45, 2.75) is 0 Å². The van der Waals surface area contributed by atoms with Crippen molar-refractivity contribution in [1.29, 1.82) is 0 Å². The Kier molecular flexibility index (Phi) is 1.62. The minimum atomic E-state index is 0.726. The van der Waals surface area contributed by atoms with Crippen molar-refractivity contribution < 1.29 is 4.74 Å². The summed E-state index contributed by atoms with van der Waals surface area (Å²) in [4.78, 5) is 0. The largest absolute Gasteiger partial charge is 0.379 e. The molecular formula is C4H9N2O. The summed E-state index contributed by atoms with van der Waals surface area (Å²) in [5, 5.41) is 1.52. The normalized spacial score (nSPS) is 25.3. The van der Waals surface area contributed by atoms with E-state index in [1.54, 1.807) is 0 Å². The molecule has 0 bridgehead atoms. The van der Waals surface area contributed by atoms with Gasteiger partial charge in [-0.25, -0.2) is 5.01 Å². The lowest BCUT2D eigenvalue weighted by atomic mass is 10.5. The van der Waals surface area contributed by atoms with E-state index in [2.05, 4.69) is 0 Å². The molecule has 1 saturated heterocycles. The lowest BCUT2D eigenvalue weighted by Crippen LogP contribution is -2.34. The number of rotatable bonds is 0. The Morgan fingerprint density at radius 3 is 2.14 bits per heavy atom. The summed E-state index contributed by atoms with van der Waals surface area (Å²) in [5.74, 6) is 7.03. The van der Waals surface area contributed by atoms with E-state index < -0.39 is 0 Å². The summed E-state index contributed by atoms with van der Waals surface area (Å²) >= 11 is 0. The van der Waals surface area contributed by atoms with Gasteiger partial charge in [-0.1, -0.05) is 0 Å². The van der Waals surface area contributed by atoms with Crippen molar-refractivity contribution in [3.8, 4) is 0 Å². The van der Waals surface area contributed by atoms with Crippen LogP contribution in [-0.4, -0.2) is 31.3 Å². The van der Waals surface area contributed by atoms with Crippen LogP contribution in [0.2, 0.25) is 0 Å². The topological polar surface area (TPSA) is 36.3 Å². The summed E-state index contributed by atoms with van der Waals surface area (Å²) in [7, 11) is 0. The highest BCUT2D eigenvalue weighted by molar-refractivity contribution is 4.51. The Morgan fingerprint density at radius 1 is 1.29 bits per heavy atom. The molecule has 0 spiro atoms. The molecule has 0 atom stereocenters. The molecule has 1 rings (SSSR count). The van der Waals surface area contributed by atoms with Crippen molar-refractivity contribution in [2.75, 3.05) is 26.3 Å². The van der Waals surface area contributed by atoms with Crippen molar-refractivity contribution in [3.63, 3.8) is 0 Å². The summed E-state index contributed by atoms with van der Waals surface area (Å²) in [6.07, 6.45) is 0. The maximum Gasteiger partial charge on any atom is 0.0608 e. The van der Waals surface area contributed by atoms with Crippen molar-refractivity contribution >= 4 is 0 Å². The van der Waals surface area contributed by atoms with E-state index in [-0.39, 0.29) is 0 Å². The fourth-order valence-corrected chi connectivity index (χ4v) is 0.563. The van der Waals surface area contributed by atoms with E-state index in [4.69, 9.17) is 10.6 Å². The standard InChI is InChI=1S/C4H9N2O/c5-6-1-3-7-4-2-6/h5H,1-4H2. The second-order valence-electron chi connectivity index (χ2n) is 1.60. The van der Waals surface area contributed by atoms with E-state index in [1.165, 1.54) is 5.01 Å². The molecule has 0 aliphatic carbocycles. The van der Waals surface area contributed by atoms with Gasteiger partial charge in [-0.05, 0) is 0 Å². The maximum absolute atomic E-state index is 7.03. The molecule has 0 unspecified atom stereocenters. The molecule has 1 fully saturated rings. The fraction of sp³-hybridized carbons (Fsp3) is 1.00. The van der Waals surface area contributed by atoms with Crippen LogP contribution in [0.1, 0.15) is 0 Å². The predicted octanol–water partition coefficient (Wildman–Crippen LogP) is -0.484. The van der Waals surface area contributed by atoms with Gasteiger partial charge in [0.15, 0.2) is 0 Å². The Bertz CT molecular complexity index is 51.7. The SMILES string of the molecule is [NH]N1CCOCC1. The Balaban J connectivity index is 2.12. The van der Waals surface area contributed by atoms with Crippen LogP contribution in [-0.2, 0) is 4.74 Å². The predicted molar refractivity (Wildman–Crippen MR) is 25.5 cm³/mol. The van der Waals surface area contributed by atoms with Gasteiger partial charge in [0.1, 0.15) is 0 Å². The molecule has 0 amide bonds. The first-order chi connectivity index (χ1) is 3.39. The van der Waals surface area contributed by atoms with Gasteiger partial charge in [-0.2, -0.15) is 5.84 Å². The molecule has 3 heteroatoms. The van der Waals surface area contributed by atoms with E-state index in [0.29, 0.717) is 0 Å². The highest BCUT2D eigenvalue weighted by Crippen LogP contribution is 1.88. The average Bonchev–Trinajstić information content (AvgIpc) is 1.69. The molecule has 0 saturated carbocycles. The quantitative estimate of drug-likeness (QED) is 0.413. The third-order valence-corrected chi connectivity index (χ3v) is 1.01. The van der Waals surface area contributed by atoms with Crippen molar-refractivity contribution in [1.82, 2.24) is 10.9 Å². The zero-order valence-electron chi connectivity index (χ0n) is 4.18. The van der Waals surface area contributed by atoms with Gasteiger partial charge in [0, 0.05) is 13.1 Å². The molecule has 7 heavy (non-hydrogen) atoms. The average molecular weight is 101 g/mol. The van der Waals surface area contributed by atoms with Gasteiger partial charge < -0.3 is 4.74 Å². The number of ether oxygens (including phenoxy) is 1. The van der Waals surface area contributed by atoms with Crippen LogP contribution in [0.25, 0.3) is 0 Å². The number of nitrogens with zero attached hydrogens (tertiary/aromatic N) is 1. The van der Waals surface area contributed by atoms with Crippen LogP contribution >= 0.6 is 0 Å². The zero-order chi connectivity index (χ0) is 5.11. The van der Waals surface area contributed by atoms with E-state index in [9.17, 15) is 0 Å². The molecule has 1 aliphatic heterocycles. The number of hydrogen-bond donors (Lipinski definition) is 0. The zero-order valence-corrected chi connectivity index (χ0v) is 4.18. The molecule has 41 valence electrons. The molecule has 1 radical (unpaired) electrons. The minimum absolute atomic E-state index is 0.726. The number of nitrogens with one attached hydrogen (secondary N) is 1. The van der Waals surface area contributed by atoms with Crippen molar-refractivity contribution in [2.24, 2.45) is 0 Å². The van der Waals surface area contributed by atoms with Gasteiger partial charge in [0.25, 0.3) is 0 Å². The van der Waals surface area contributed by atoms with Gasteiger partial charge in [-0.3, -0.25) is 0 Å². The fourth-order valence-electron chi connectivity index (χ4n) is 0.563. The summed E-state index contributed by atoms with van der Waals surface area (Å²) in [5.41, 5.74) is 0. The van der Waals surface area contributed by atoms with Crippen LogP contribution < -0.4 is 5.84 Å². The molecule has 0 aromatic carbocycles. The van der Waals surface area contributed by atoms with Crippen LogP contribution in [0.4, 0.5) is 0 Å². The lowest BCUT2D eigenvalue weighted by molar-refractivity contribution is 0.0332. The highest BCUT2D eigenvalue weighted by Gasteiger charge is 2.03. The van der Waals surface area contributed by atoms with Crippen LogP contribution in [0.15, 0.2) is 0 Å². The second-order valence-corrected chi connectivity index (χ2v) is 1.60. The van der Waals surface area contributed by atoms with Crippen LogP contribution in [0, 0.1) is 0 Å². The molecule has 1 heterocycles. The van der Waals surface area contributed by atoms with Gasteiger partial charge >= 0.3 is 0 Å². The maximum atomic E-state index is 7.03. The summed E-state index contributed by atoms with van der Waals surface area (Å²) in [6, 6.07) is 0. The van der Waals surface area contributed by atoms with E-state index in [1.807, 2.05) is 0 Å². The molecular weight excluding hydrogens is 92.1 g/mol. The third kappa shape index (κ3) is 1.43.